The Morgan fingerprint density at radius 2 is 1.88 bits per heavy atom. The van der Waals surface area contributed by atoms with Crippen LogP contribution in [0.1, 0.15) is 0 Å². The second kappa shape index (κ2) is 4.39. The third-order valence-electron chi connectivity index (χ3n) is 2.33. The molecule has 0 aliphatic carbocycles. The Labute approximate surface area is 106 Å². The summed E-state index contributed by atoms with van der Waals surface area (Å²) in [6.45, 7) is -0.409. The summed E-state index contributed by atoms with van der Waals surface area (Å²) in [6.07, 6.45) is 0. The van der Waals surface area contributed by atoms with Gasteiger partial charge in [0.1, 0.15) is 6.54 Å². The number of fused-ring (bicyclic) bond motifs is 1. The lowest BCUT2D eigenvalue weighted by atomic mass is 10.2. The van der Waals surface area contributed by atoms with Crippen molar-refractivity contribution in [2.24, 2.45) is 0 Å². The van der Waals surface area contributed by atoms with Gasteiger partial charge in [-0.15, -0.1) is 0 Å². The van der Waals surface area contributed by atoms with Crippen molar-refractivity contribution in [3.05, 3.63) is 44.7 Å². The van der Waals surface area contributed by atoms with E-state index >= 15 is 0 Å². The highest BCUT2D eigenvalue weighted by molar-refractivity contribution is 6.42. The predicted molar refractivity (Wildman–Crippen MR) is 65.9 cm³/mol. The van der Waals surface area contributed by atoms with Crippen LogP contribution in [0.2, 0.25) is 10.0 Å². The van der Waals surface area contributed by atoms with Gasteiger partial charge in [0, 0.05) is 11.5 Å². The molecule has 0 saturated carbocycles. The van der Waals surface area contributed by atoms with Crippen molar-refractivity contribution in [2.75, 3.05) is 0 Å². The minimum atomic E-state index is -1.09. The van der Waals surface area contributed by atoms with Gasteiger partial charge in [-0.3, -0.25) is 14.2 Å². The molecule has 17 heavy (non-hydrogen) atoms. The molecule has 0 aliphatic heterocycles. The van der Waals surface area contributed by atoms with E-state index in [4.69, 9.17) is 28.3 Å². The molecule has 88 valence electrons. The minimum absolute atomic E-state index is 0.281. The Kier molecular flexibility index (Phi) is 3.09. The molecule has 0 saturated heterocycles. The zero-order valence-electron chi connectivity index (χ0n) is 8.48. The minimum Gasteiger partial charge on any atom is -0.480 e. The standard InChI is InChI=1S/C11H7Cl2NO3/c12-7-3-6-1-2-10(15)14(5-11(16)17)9(6)4-8(7)13/h1-4H,5H2,(H,16,17). The Hall–Kier alpha value is -1.52. The van der Waals surface area contributed by atoms with E-state index < -0.39 is 18.1 Å². The molecule has 0 atom stereocenters. The average molecular weight is 272 g/mol. The lowest BCUT2D eigenvalue weighted by molar-refractivity contribution is -0.137. The molecule has 0 unspecified atom stereocenters. The topological polar surface area (TPSA) is 59.3 Å². The lowest BCUT2D eigenvalue weighted by Gasteiger charge is -2.08. The van der Waals surface area contributed by atoms with E-state index in [2.05, 4.69) is 0 Å². The number of carboxylic acids is 1. The highest BCUT2D eigenvalue weighted by Gasteiger charge is 2.09. The van der Waals surface area contributed by atoms with Gasteiger partial charge in [0.25, 0.3) is 5.56 Å². The summed E-state index contributed by atoms with van der Waals surface area (Å²) in [7, 11) is 0. The first-order chi connectivity index (χ1) is 7.99. The molecule has 1 heterocycles. The van der Waals surface area contributed by atoms with Gasteiger partial charge < -0.3 is 5.11 Å². The van der Waals surface area contributed by atoms with Crippen molar-refractivity contribution in [1.82, 2.24) is 4.57 Å². The molecule has 0 spiro atoms. The highest BCUT2D eigenvalue weighted by Crippen LogP contribution is 2.26. The number of hydrogen-bond acceptors (Lipinski definition) is 2. The summed E-state index contributed by atoms with van der Waals surface area (Å²) >= 11 is 11.7. The number of nitrogens with zero attached hydrogens (tertiary/aromatic N) is 1. The molecule has 0 fully saturated rings. The van der Waals surface area contributed by atoms with Crippen molar-refractivity contribution < 1.29 is 9.90 Å². The third-order valence-corrected chi connectivity index (χ3v) is 3.05. The van der Waals surface area contributed by atoms with Gasteiger partial charge in [-0.05, 0) is 18.2 Å². The molecule has 2 rings (SSSR count). The summed E-state index contributed by atoms with van der Waals surface area (Å²) in [6, 6.07) is 5.97. The molecule has 4 nitrogen and oxygen atoms in total. The smallest absolute Gasteiger partial charge is 0.323 e. The molecular formula is C11H7Cl2NO3. The Morgan fingerprint density at radius 3 is 2.53 bits per heavy atom. The predicted octanol–water partition coefficient (Wildman–Crippen LogP) is 2.39. The molecule has 2 aromatic rings. The maximum absolute atomic E-state index is 11.6. The number of hydrogen-bond donors (Lipinski definition) is 1. The zero-order chi connectivity index (χ0) is 12.6. The van der Waals surface area contributed by atoms with Gasteiger partial charge in [-0.1, -0.05) is 23.2 Å². The SMILES string of the molecule is O=C(O)Cn1c(=O)ccc2cc(Cl)c(Cl)cc21. The fraction of sp³-hybridized carbons (Fsp3) is 0.0909. The summed E-state index contributed by atoms with van der Waals surface area (Å²) in [5.74, 6) is -1.09. The number of carboxylic acid groups (broad SMARTS) is 1. The first kappa shape index (κ1) is 12.0. The summed E-state index contributed by atoms with van der Waals surface area (Å²) in [5.41, 5.74) is 0.0626. The second-order valence-electron chi connectivity index (χ2n) is 3.48. The van der Waals surface area contributed by atoms with Crippen LogP contribution in [0.4, 0.5) is 0 Å². The Bertz CT molecular complexity index is 664. The fourth-order valence-corrected chi connectivity index (χ4v) is 1.92. The van der Waals surface area contributed by atoms with Crippen LogP contribution in [0.25, 0.3) is 10.9 Å². The highest BCUT2D eigenvalue weighted by atomic mass is 35.5. The number of aliphatic carboxylic acids is 1. The van der Waals surface area contributed by atoms with Gasteiger partial charge in [-0.25, -0.2) is 0 Å². The molecule has 6 heteroatoms. The second-order valence-corrected chi connectivity index (χ2v) is 4.29. The molecule has 0 amide bonds. The summed E-state index contributed by atoms with van der Waals surface area (Å²) in [5, 5.41) is 10.1. The number of aromatic nitrogens is 1. The number of benzene rings is 1. The van der Waals surface area contributed by atoms with Crippen molar-refractivity contribution in [3.63, 3.8) is 0 Å². The first-order valence-electron chi connectivity index (χ1n) is 4.69. The third kappa shape index (κ3) is 2.28. The van der Waals surface area contributed by atoms with Gasteiger partial charge in [0.15, 0.2) is 0 Å². The van der Waals surface area contributed by atoms with Crippen molar-refractivity contribution in [3.8, 4) is 0 Å². The van der Waals surface area contributed by atoms with Crippen LogP contribution < -0.4 is 5.56 Å². The number of carbonyl (C=O) groups is 1. The van der Waals surface area contributed by atoms with Crippen LogP contribution in [0.3, 0.4) is 0 Å². The zero-order valence-corrected chi connectivity index (χ0v) is 10.00. The quantitative estimate of drug-likeness (QED) is 0.913. The van der Waals surface area contributed by atoms with E-state index in [0.29, 0.717) is 15.9 Å². The molecule has 0 radical (unpaired) electrons. The average Bonchev–Trinajstić information content (AvgIpc) is 2.25. The number of rotatable bonds is 2. The molecular weight excluding hydrogens is 265 g/mol. The van der Waals surface area contributed by atoms with Crippen LogP contribution in [0.5, 0.6) is 0 Å². The van der Waals surface area contributed by atoms with E-state index in [1.165, 1.54) is 12.1 Å². The van der Waals surface area contributed by atoms with E-state index in [1.54, 1.807) is 12.1 Å². The van der Waals surface area contributed by atoms with E-state index in [0.717, 1.165) is 4.57 Å². The Morgan fingerprint density at radius 1 is 1.24 bits per heavy atom. The molecule has 1 aromatic heterocycles. The lowest BCUT2D eigenvalue weighted by Crippen LogP contribution is -2.23. The van der Waals surface area contributed by atoms with Gasteiger partial charge in [0.05, 0.1) is 15.6 Å². The van der Waals surface area contributed by atoms with Crippen LogP contribution >= 0.6 is 23.2 Å². The summed E-state index contributed by atoms with van der Waals surface area (Å²) in [4.78, 5) is 22.3. The fourth-order valence-electron chi connectivity index (χ4n) is 1.59. The van der Waals surface area contributed by atoms with E-state index in [-0.39, 0.29) is 5.02 Å². The van der Waals surface area contributed by atoms with Crippen LogP contribution in [-0.2, 0) is 11.3 Å². The van der Waals surface area contributed by atoms with Crippen LogP contribution in [0.15, 0.2) is 29.1 Å². The number of halogens is 2. The molecule has 1 N–H and O–H groups in total. The monoisotopic (exact) mass is 271 g/mol. The normalized spacial score (nSPS) is 10.7. The van der Waals surface area contributed by atoms with Gasteiger partial charge in [-0.2, -0.15) is 0 Å². The molecule has 1 aromatic carbocycles. The molecule has 0 aliphatic rings. The number of pyridine rings is 1. The largest absolute Gasteiger partial charge is 0.480 e. The molecule has 0 bridgehead atoms. The van der Waals surface area contributed by atoms with E-state index in [1.807, 2.05) is 0 Å². The maximum Gasteiger partial charge on any atom is 0.323 e. The van der Waals surface area contributed by atoms with Crippen LogP contribution in [-0.4, -0.2) is 15.6 Å². The van der Waals surface area contributed by atoms with Crippen LogP contribution in [0, 0.1) is 0 Å². The van der Waals surface area contributed by atoms with Gasteiger partial charge in [0.2, 0.25) is 0 Å². The van der Waals surface area contributed by atoms with Gasteiger partial charge >= 0.3 is 5.97 Å². The van der Waals surface area contributed by atoms with Crippen molar-refractivity contribution in [1.29, 1.82) is 0 Å². The van der Waals surface area contributed by atoms with E-state index in [9.17, 15) is 9.59 Å². The first-order valence-corrected chi connectivity index (χ1v) is 5.45. The van der Waals surface area contributed by atoms with Crippen molar-refractivity contribution in [2.45, 2.75) is 6.54 Å². The summed E-state index contributed by atoms with van der Waals surface area (Å²) < 4.78 is 1.14. The van der Waals surface area contributed by atoms with Crippen molar-refractivity contribution >= 4 is 40.1 Å². The Balaban J connectivity index is 2.80. The maximum atomic E-state index is 11.6.